The molecule has 0 aromatic heterocycles. The molecule has 0 fully saturated rings. The van der Waals surface area contributed by atoms with Crippen LogP contribution in [0.1, 0.15) is 52.7 Å². The highest BCUT2D eigenvalue weighted by Gasteiger charge is 2.30. The minimum Gasteiger partial charge on any atom is -0.300 e. The van der Waals surface area contributed by atoms with Crippen molar-refractivity contribution in [2.45, 2.75) is 25.7 Å². The van der Waals surface area contributed by atoms with Gasteiger partial charge in [-0.25, -0.2) is 0 Å². The number of rotatable bonds is 3. The number of fused-ring (bicyclic) bond motifs is 2. The molecule has 0 N–H and O–H groups in total. The van der Waals surface area contributed by atoms with Crippen LogP contribution in [0, 0.1) is 0 Å². The monoisotopic (exact) mass is 264 g/mol. The van der Waals surface area contributed by atoms with Gasteiger partial charge >= 0.3 is 0 Å². The Bertz CT molecular complexity index is 636. The van der Waals surface area contributed by atoms with Gasteiger partial charge in [-0.05, 0) is 24.5 Å². The molecule has 100 valence electrons. The maximum atomic E-state index is 12.5. The van der Waals surface area contributed by atoms with Crippen molar-refractivity contribution in [3.63, 3.8) is 0 Å². The fraction of sp³-hybridized carbons (Fsp3) is 0.222. The lowest BCUT2D eigenvalue weighted by Crippen LogP contribution is -2.19. The summed E-state index contributed by atoms with van der Waals surface area (Å²) in [6, 6.07) is 15.5. The molecule has 2 aromatic rings. The highest BCUT2D eigenvalue weighted by molar-refractivity contribution is 6.12. The first kappa shape index (κ1) is 12.8. The normalized spacial score (nSPS) is 13.8. The van der Waals surface area contributed by atoms with Crippen LogP contribution < -0.4 is 0 Å². The smallest absolute Gasteiger partial charge is 0.193 e. The van der Waals surface area contributed by atoms with Crippen LogP contribution in [0.5, 0.6) is 0 Å². The van der Waals surface area contributed by atoms with E-state index in [1.807, 2.05) is 48.5 Å². The van der Waals surface area contributed by atoms with Crippen molar-refractivity contribution in [1.29, 1.82) is 0 Å². The first-order valence-corrected chi connectivity index (χ1v) is 6.90. The van der Waals surface area contributed by atoms with Gasteiger partial charge in [-0.2, -0.15) is 0 Å². The fourth-order valence-electron chi connectivity index (χ4n) is 2.99. The molecule has 0 spiro atoms. The minimum atomic E-state index is 0.0928. The zero-order valence-corrected chi connectivity index (χ0v) is 11.4. The summed E-state index contributed by atoms with van der Waals surface area (Å²) >= 11 is 0. The number of hydrogen-bond acceptors (Lipinski definition) is 2. The number of carbonyl (C=O) groups is 2. The van der Waals surface area contributed by atoms with Crippen molar-refractivity contribution >= 4 is 11.6 Å². The Kier molecular flexibility index (Phi) is 3.23. The summed E-state index contributed by atoms with van der Waals surface area (Å²) in [5.41, 5.74) is 3.66. The number of Topliss-reactive ketones (excluding diaryl/α,β-unsaturated/α-hetero) is 1. The van der Waals surface area contributed by atoms with E-state index in [-0.39, 0.29) is 17.5 Å². The largest absolute Gasteiger partial charge is 0.300 e. The summed E-state index contributed by atoms with van der Waals surface area (Å²) in [4.78, 5) is 23.8. The molecular weight excluding hydrogens is 248 g/mol. The van der Waals surface area contributed by atoms with Crippen molar-refractivity contribution in [3.05, 3.63) is 70.8 Å². The second-order valence-corrected chi connectivity index (χ2v) is 5.30. The Morgan fingerprint density at radius 2 is 1.45 bits per heavy atom. The lowest BCUT2D eigenvalue weighted by Gasteiger charge is -2.27. The predicted octanol–water partition coefficient (Wildman–Crippen LogP) is 3.73. The quantitative estimate of drug-likeness (QED) is 0.846. The third-order valence-electron chi connectivity index (χ3n) is 3.95. The first-order chi connectivity index (χ1) is 9.68. The van der Waals surface area contributed by atoms with Crippen molar-refractivity contribution in [1.82, 2.24) is 0 Å². The third-order valence-corrected chi connectivity index (χ3v) is 3.95. The lowest BCUT2D eigenvalue weighted by molar-refractivity contribution is -0.117. The molecule has 0 saturated heterocycles. The van der Waals surface area contributed by atoms with Gasteiger partial charge in [-0.3, -0.25) is 4.79 Å². The summed E-state index contributed by atoms with van der Waals surface area (Å²) in [5, 5.41) is 0. The average molecular weight is 264 g/mol. The summed E-state index contributed by atoms with van der Waals surface area (Å²) in [7, 11) is 0. The Balaban J connectivity index is 2.12. The van der Waals surface area contributed by atoms with E-state index >= 15 is 0 Å². The Labute approximate surface area is 118 Å². The maximum absolute atomic E-state index is 12.5. The highest BCUT2D eigenvalue weighted by Crippen LogP contribution is 2.39. The molecule has 1 aliphatic rings. The zero-order chi connectivity index (χ0) is 14.1. The molecule has 0 heterocycles. The summed E-state index contributed by atoms with van der Waals surface area (Å²) < 4.78 is 0. The van der Waals surface area contributed by atoms with Gasteiger partial charge in [0.1, 0.15) is 5.78 Å². The van der Waals surface area contributed by atoms with E-state index in [0.717, 1.165) is 28.7 Å². The molecule has 3 rings (SSSR count). The molecule has 2 heteroatoms. The molecule has 0 radical (unpaired) electrons. The molecule has 2 aromatic carbocycles. The van der Waals surface area contributed by atoms with Crippen LogP contribution >= 0.6 is 0 Å². The second-order valence-electron chi connectivity index (χ2n) is 5.30. The molecule has 2 nitrogen and oxygen atoms in total. The van der Waals surface area contributed by atoms with Gasteiger partial charge in [-0.1, -0.05) is 48.5 Å². The number of hydrogen-bond donors (Lipinski definition) is 0. The SMILES string of the molecule is CC(=O)CCC1c2ccccc2C(=O)c2ccccc21. The zero-order valence-electron chi connectivity index (χ0n) is 11.4. The lowest BCUT2D eigenvalue weighted by atomic mass is 9.75. The van der Waals surface area contributed by atoms with E-state index < -0.39 is 0 Å². The van der Waals surface area contributed by atoms with Gasteiger partial charge in [0.05, 0.1) is 0 Å². The summed E-state index contributed by atoms with van der Waals surface area (Å²) in [5.74, 6) is 0.427. The Morgan fingerprint density at radius 3 is 1.95 bits per heavy atom. The van der Waals surface area contributed by atoms with Gasteiger partial charge in [0.15, 0.2) is 5.78 Å². The molecule has 0 unspecified atom stereocenters. The standard InChI is InChI=1S/C18H16O2/c1-12(19)10-11-15-13-6-2-4-8-16(13)18(20)17-9-5-3-7-14(15)17/h2-9,15H,10-11H2,1H3. The van der Waals surface area contributed by atoms with Crippen molar-refractivity contribution in [2.75, 3.05) is 0 Å². The summed E-state index contributed by atoms with van der Waals surface area (Å²) in [6.07, 6.45) is 1.30. The third kappa shape index (κ3) is 2.07. The molecule has 0 aliphatic heterocycles. The van der Waals surface area contributed by atoms with Crippen LogP contribution in [0.3, 0.4) is 0 Å². The Hall–Kier alpha value is -2.22. The first-order valence-electron chi connectivity index (χ1n) is 6.90. The minimum absolute atomic E-state index is 0.0928. The molecule has 0 saturated carbocycles. The van der Waals surface area contributed by atoms with E-state index in [0.29, 0.717) is 6.42 Å². The van der Waals surface area contributed by atoms with Crippen LogP contribution in [0.2, 0.25) is 0 Å². The van der Waals surface area contributed by atoms with Gasteiger partial charge in [0.25, 0.3) is 0 Å². The molecule has 0 bridgehead atoms. The summed E-state index contributed by atoms with van der Waals surface area (Å²) in [6.45, 7) is 1.62. The van der Waals surface area contributed by atoms with Gasteiger partial charge < -0.3 is 4.79 Å². The van der Waals surface area contributed by atoms with E-state index in [1.54, 1.807) is 6.92 Å². The average Bonchev–Trinajstić information content (AvgIpc) is 2.47. The van der Waals surface area contributed by atoms with Crippen LogP contribution in [0.4, 0.5) is 0 Å². The topological polar surface area (TPSA) is 34.1 Å². The second kappa shape index (κ2) is 5.04. The molecular formula is C18H16O2. The molecule has 20 heavy (non-hydrogen) atoms. The highest BCUT2D eigenvalue weighted by atomic mass is 16.1. The van der Waals surface area contributed by atoms with Crippen LogP contribution in [-0.2, 0) is 4.79 Å². The van der Waals surface area contributed by atoms with E-state index in [4.69, 9.17) is 0 Å². The Morgan fingerprint density at radius 1 is 0.950 bits per heavy atom. The number of ketones is 2. The van der Waals surface area contributed by atoms with Crippen LogP contribution in [0.25, 0.3) is 0 Å². The van der Waals surface area contributed by atoms with E-state index in [2.05, 4.69) is 0 Å². The molecule has 0 amide bonds. The van der Waals surface area contributed by atoms with Crippen molar-refractivity contribution < 1.29 is 9.59 Å². The number of benzene rings is 2. The predicted molar refractivity (Wildman–Crippen MR) is 78.1 cm³/mol. The fourth-order valence-corrected chi connectivity index (χ4v) is 2.99. The van der Waals surface area contributed by atoms with Crippen LogP contribution in [-0.4, -0.2) is 11.6 Å². The van der Waals surface area contributed by atoms with Crippen LogP contribution in [0.15, 0.2) is 48.5 Å². The van der Waals surface area contributed by atoms with E-state index in [9.17, 15) is 9.59 Å². The van der Waals surface area contributed by atoms with Gasteiger partial charge in [-0.15, -0.1) is 0 Å². The maximum Gasteiger partial charge on any atom is 0.193 e. The van der Waals surface area contributed by atoms with Crippen molar-refractivity contribution in [3.8, 4) is 0 Å². The van der Waals surface area contributed by atoms with E-state index in [1.165, 1.54) is 0 Å². The van der Waals surface area contributed by atoms with Gasteiger partial charge in [0, 0.05) is 23.5 Å². The molecule has 1 aliphatic carbocycles. The van der Waals surface area contributed by atoms with Gasteiger partial charge in [0.2, 0.25) is 0 Å². The molecule has 0 atom stereocenters. The number of carbonyl (C=O) groups excluding carboxylic acids is 2. The van der Waals surface area contributed by atoms with Crippen molar-refractivity contribution in [2.24, 2.45) is 0 Å².